The number of rotatable bonds is 2. The van der Waals surface area contributed by atoms with Gasteiger partial charge in [-0.1, -0.05) is 6.92 Å². The highest BCUT2D eigenvalue weighted by molar-refractivity contribution is 5.01. The molecule has 2 aliphatic rings. The summed E-state index contributed by atoms with van der Waals surface area (Å²) < 4.78 is 0. The van der Waals surface area contributed by atoms with Crippen LogP contribution >= 0.6 is 0 Å². The fourth-order valence-electron chi connectivity index (χ4n) is 2.55. The minimum Gasteiger partial charge on any atom is -0.393 e. The van der Waals surface area contributed by atoms with E-state index in [1.54, 1.807) is 0 Å². The van der Waals surface area contributed by atoms with Crippen LogP contribution in [0.3, 0.4) is 0 Å². The Labute approximate surface area is 68.0 Å². The minimum atomic E-state index is -0.0538. The molecule has 1 aliphatic heterocycles. The fraction of sp³-hybridized carbons (Fsp3) is 1.00. The zero-order chi connectivity index (χ0) is 7.84. The van der Waals surface area contributed by atoms with Gasteiger partial charge in [0.25, 0.3) is 0 Å². The monoisotopic (exact) mass is 155 g/mol. The molecule has 4 atom stereocenters. The van der Waals surface area contributed by atoms with Gasteiger partial charge in [0, 0.05) is 12.0 Å². The predicted octanol–water partition coefficient (Wildman–Crippen LogP) is 0.755. The number of aliphatic hydroxyl groups excluding tert-OH is 1. The van der Waals surface area contributed by atoms with Gasteiger partial charge in [-0.15, -0.1) is 0 Å². The van der Waals surface area contributed by atoms with Crippen LogP contribution in [0.2, 0.25) is 0 Å². The fourth-order valence-corrected chi connectivity index (χ4v) is 2.55. The molecule has 2 N–H and O–H groups in total. The lowest BCUT2D eigenvalue weighted by Crippen LogP contribution is -2.50. The molecule has 0 radical (unpaired) electrons. The van der Waals surface area contributed by atoms with E-state index in [2.05, 4.69) is 12.2 Å². The van der Waals surface area contributed by atoms with Crippen LogP contribution in [-0.4, -0.2) is 23.8 Å². The van der Waals surface area contributed by atoms with Crippen molar-refractivity contribution < 1.29 is 5.11 Å². The summed E-state index contributed by atoms with van der Waals surface area (Å²) >= 11 is 0. The Morgan fingerprint density at radius 3 is 3.09 bits per heavy atom. The summed E-state index contributed by atoms with van der Waals surface area (Å²) in [6.45, 7) is 3.23. The van der Waals surface area contributed by atoms with Crippen LogP contribution in [-0.2, 0) is 0 Å². The molecule has 1 saturated heterocycles. The maximum Gasteiger partial charge on any atom is 0.0580 e. The van der Waals surface area contributed by atoms with E-state index in [4.69, 9.17) is 0 Å². The molecular weight excluding hydrogens is 138 g/mol. The zero-order valence-corrected chi connectivity index (χ0v) is 7.09. The van der Waals surface area contributed by atoms with Crippen LogP contribution in [0.1, 0.15) is 26.2 Å². The first-order chi connectivity index (χ1) is 5.33. The quantitative estimate of drug-likeness (QED) is 0.617. The average molecular weight is 155 g/mol. The highest BCUT2D eigenvalue weighted by Gasteiger charge is 2.46. The summed E-state index contributed by atoms with van der Waals surface area (Å²) in [7, 11) is 0. The molecule has 0 bridgehead atoms. The smallest absolute Gasteiger partial charge is 0.0580 e. The first kappa shape index (κ1) is 7.56. The third kappa shape index (κ3) is 1.09. The van der Waals surface area contributed by atoms with Crippen molar-refractivity contribution in [3.05, 3.63) is 0 Å². The third-order valence-corrected chi connectivity index (χ3v) is 3.35. The largest absolute Gasteiger partial charge is 0.393 e. The van der Waals surface area contributed by atoms with Crippen LogP contribution in [0.25, 0.3) is 0 Å². The van der Waals surface area contributed by atoms with Crippen LogP contribution in [0, 0.1) is 11.8 Å². The molecule has 0 aromatic heterocycles. The summed E-state index contributed by atoms with van der Waals surface area (Å²) in [6, 6.07) is 0.657. The van der Waals surface area contributed by atoms with Crippen LogP contribution in [0.15, 0.2) is 0 Å². The molecule has 1 saturated carbocycles. The molecule has 64 valence electrons. The zero-order valence-electron chi connectivity index (χ0n) is 7.09. The van der Waals surface area contributed by atoms with Crippen molar-refractivity contribution in [2.24, 2.45) is 11.8 Å². The van der Waals surface area contributed by atoms with Gasteiger partial charge >= 0.3 is 0 Å². The number of fused-ring (bicyclic) bond motifs is 1. The second-order valence-electron chi connectivity index (χ2n) is 3.90. The molecule has 2 nitrogen and oxygen atoms in total. The summed E-state index contributed by atoms with van der Waals surface area (Å²) in [5.74, 6) is 1.45. The van der Waals surface area contributed by atoms with Crippen molar-refractivity contribution in [3.8, 4) is 0 Å². The van der Waals surface area contributed by atoms with Crippen LogP contribution < -0.4 is 5.32 Å². The van der Waals surface area contributed by atoms with Gasteiger partial charge in [0.1, 0.15) is 0 Å². The van der Waals surface area contributed by atoms with E-state index in [0.717, 1.165) is 12.3 Å². The van der Waals surface area contributed by atoms with Crippen molar-refractivity contribution in [2.75, 3.05) is 6.54 Å². The Kier molecular flexibility index (Phi) is 1.90. The molecule has 4 unspecified atom stereocenters. The van der Waals surface area contributed by atoms with Gasteiger partial charge in [0.15, 0.2) is 0 Å². The van der Waals surface area contributed by atoms with Gasteiger partial charge in [-0.05, 0) is 31.7 Å². The predicted molar refractivity (Wildman–Crippen MR) is 44.3 cm³/mol. The van der Waals surface area contributed by atoms with Crippen molar-refractivity contribution >= 4 is 0 Å². The standard InChI is InChI=1S/C9H17NO/c1-2-8(11)7-5-6-3-4-10-9(6)7/h6-11H,2-5H2,1H3. The minimum absolute atomic E-state index is 0.0538. The van der Waals surface area contributed by atoms with E-state index in [-0.39, 0.29) is 6.10 Å². The highest BCUT2D eigenvalue weighted by Crippen LogP contribution is 2.42. The normalized spacial score (nSPS) is 44.7. The maximum absolute atomic E-state index is 9.58. The van der Waals surface area contributed by atoms with Gasteiger partial charge in [-0.2, -0.15) is 0 Å². The van der Waals surface area contributed by atoms with Crippen molar-refractivity contribution in [1.82, 2.24) is 5.32 Å². The lowest BCUT2D eigenvalue weighted by atomic mass is 9.68. The maximum atomic E-state index is 9.58. The molecule has 1 aliphatic carbocycles. The van der Waals surface area contributed by atoms with Crippen molar-refractivity contribution in [1.29, 1.82) is 0 Å². The van der Waals surface area contributed by atoms with Crippen molar-refractivity contribution in [2.45, 2.75) is 38.3 Å². The molecular formula is C9H17NO. The van der Waals surface area contributed by atoms with Gasteiger partial charge in [-0.25, -0.2) is 0 Å². The highest BCUT2D eigenvalue weighted by atomic mass is 16.3. The molecule has 2 fully saturated rings. The molecule has 0 amide bonds. The number of hydrogen-bond acceptors (Lipinski definition) is 2. The van der Waals surface area contributed by atoms with Gasteiger partial charge in [-0.3, -0.25) is 0 Å². The number of aliphatic hydroxyl groups is 1. The number of nitrogens with one attached hydrogen (secondary N) is 1. The molecule has 0 aromatic rings. The molecule has 1 heterocycles. The Bertz CT molecular complexity index is 148. The Morgan fingerprint density at radius 1 is 1.64 bits per heavy atom. The first-order valence-electron chi connectivity index (χ1n) is 4.74. The van der Waals surface area contributed by atoms with E-state index in [1.165, 1.54) is 19.4 Å². The van der Waals surface area contributed by atoms with E-state index in [0.29, 0.717) is 12.0 Å². The second kappa shape index (κ2) is 2.76. The molecule has 2 heteroatoms. The average Bonchev–Trinajstić information content (AvgIpc) is 2.32. The van der Waals surface area contributed by atoms with Crippen molar-refractivity contribution in [3.63, 3.8) is 0 Å². The Hall–Kier alpha value is -0.0800. The summed E-state index contributed by atoms with van der Waals surface area (Å²) in [6.07, 6.45) is 3.45. The summed E-state index contributed by atoms with van der Waals surface area (Å²) in [4.78, 5) is 0. The van der Waals surface area contributed by atoms with Gasteiger partial charge in [0.05, 0.1) is 6.10 Å². The van der Waals surface area contributed by atoms with Crippen LogP contribution in [0.5, 0.6) is 0 Å². The third-order valence-electron chi connectivity index (χ3n) is 3.35. The van der Waals surface area contributed by atoms with Gasteiger partial charge in [0.2, 0.25) is 0 Å². The lowest BCUT2D eigenvalue weighted by molar-refractivity contribution is 0.00869. The number of hydrogen-bond donors (Lipinski definition) is 2. The summed E-state index contributed by atoms with van der Waals surface area (Å²) in [5.41, 5.74) is 0. The SMILES string of the molecule is CCC(O)C1CC2CCNC21. The lowest BCUT2D eigenvalue weighted by Gasteiger charge is -2.42. The summed E-state index contributed by atoms with van der Waals surface area (Å²) in [5, 5.41) is 13.0. The molecule has 0 spiro atoms. The van der Waals surface area contributed by atoms with E-state index in [9.17, 15) is 5.11 Å². The molecule has 11 heavy (non-hydrogen) atoms. The molecule has 2 rings (SSSR count). The molecule has 0 aromatic carbocycles. The topological polar surface area (TPSA) is 32.3 Å². The first-order valence-corrected chi connectivity index (χ1v) is 4.74. The Morgan fingerprint density at radius 2 is 2.45 bits per heavy atom. The van der Waals surface area contributed by atoms with E-state index < -0.39 is 0 Å². The van der Waals surface area contributed by atoms with Crippen LogP contribution in [0.4, 0.5) is 0 Å². The van der Waals surface area contributed by atoms with E-state index in [1.807, 2.05) is 0 Å². The second-order valence-corrected chi connectivity index (χ2v) is 3.90. The van der Waals surface area contributed by atoms with E-state index >= 15 is 0 Å². The Balaban J connectivity index is 1.89. The van der Waals surface area contributed by atoms with Gasteiger partial charge < -0.3 is 10.4 Å².